The number of fused-ring (bicyclic) bond motifs is 1. The van der Waals surface area contributed by atoms with Crippen molar-refractivity contribution in [3.63, 3.8) is 0 Å². The molecule has 0 saturated carbocycles. The van der Waals surface area contributed by atoms with Gasteiger partial charge in [-0.3, -0.25) is 0 Å². The fourth-order valence-corrected chi connectivity index (χ4v) is 2.60. The van der Waals surface area contributed by atoms with E-state index in [4.69, 9.17) is 8.60 Å². The molecule has 1 heterocycles. The molecule has 2 aromatic carbocycles. The first-order valence-corrected chi connectivity index (χ1v) is 6.89. The number of nitrogens with zero attached hydrogens (tertiary/aromatic N) is 1. The van der Waals surface area contributed by atoms with Gasteiger partial charge < -0.3 is 8.60 Å². The molecule has 19 heavy (non-hydrogen) atoms. The lowest BCUT2D eigenvalue weighted by atomic mass is 10.3. The fraction of sp³-hybridized carbons (Fsp3) is 0. The molecule has 0 fully saturated rings. The molecule has 0 aliphatic carbocycles. The maximum Gasteiger partial charge on any atom is 0.339 e. The lowest BCUT2D eigenvalue weighted by Gasteiger charge is -2.06. The first kappa shape index (κ1) is 11.7. The lowest BCUT2D eigenvalue weighted by molar-refractivity contribution is 0.486. The van der Waals surface area contributed by atoms with Crippen molar-refractivity contribution in [1.82, 2.24) is 4.98 Å². The van der Waals surface area contributed by atoms with Crippen LogP contribution in [-0.4, -0.2) is 13.4 Å². The van der Waals surface area contributed by atoms with Gasteiger partial charge in [0.05, 0.1) is 0 Å². The summed E-state index contributed by atoms with van der Waals surface area (Å²) in [4.78, 5) is 4.05. The van der Waals surface area contributed by atoms with Crippen LogP contribution in [0.4, 0.5) is 0 Å². The van der Waals surface area contributed by atoms with Crippen LogP contribution in [0, 0.1) is 0 Å². The van der Waals surface area contributed by atoms with Crippen LogP contribution in [0.1, 0.15) is 0 Å². The van der Waals surface area contributed by atoms with Crippen LogP contribution in [0.5, 0.6) is 5.75 Å². The predicted molar refractivity (Wildman–Crippen MR) is 68.3 cm³/mol. The average molecular weight is 275 g/mol. The van der Waals surface area contributed by atoms with Crippen molar-refractivity contribution < 1.29 is 17.0 Å². The first-order valence-electron chi connectivity index (χ1n) is 5.48. The summed E-state index contributed by atoms with van der Waals surface area (Å²) < 4.78 is 34.1. The Morgan fingerprint density at radius 1 is 1.05 bits per heavy atom. The molecular formula is C13H9NO4S. The normalized spacial score (nSPS) is 11.6. The van der Waals surface area contributed by atoms with Crippen LogP contribution in [0.15, 0.2) is 64.2 Å². The van der Waals surface area contributed by atoms with Gasteiger partial charge in [0.2, 0.25) is 0 Å². The molecule has 0 atom stereocenters. The molecule has 1 aromatic heterocycles. The molecule has 0 radical (unpaired) electrons. The van der Waals surface area contributed by atoms with Crippen molar-refractivity contribution in [2.24, 2.45) is 0 Å². The van der Waals surface area contributed by atoms with Gasteiger partial charge in [-0.25, -0.2) is 4.98 Å². The van der Waals surface area contributed by atoms with E-state index in [9.17, 15) is 8.42 Å². The van der Waals surface area contributed by atoms with Crippen molar-refractivity contribution in [3.05, 3.63) is 54.9 Å². The smallest absolute Gasteiger partial charge is 0.339 e. The number of oxazole rings is 1. The van der Waals surface area contributed by atoms with E-state index in [1.54, 1.807) is 24.3 Å². The minimum atomic E-state index is -3.82. The minimum absolute atomic E-state index is 0.107. The van der Waals surface area contributed by atoms with Gasteiger partial charge in [0.25, 0.3) is 0 Å². The largest absolute Gasteiger partial charge is 0.443 e. The van der Waals surface area contributed by atoms with Gasteiger partial charge in [0.1, 0.15) is 16.2 Å². The number of hydrogen-bond donors (Lipinski definition) is 0. The molecule has 3 aromatic rings. The summed E-state index contributed by atoms with van der Waals surface area (Å²) in [5, 5.41) is 0. The summed E-state index contributed by atoms with van der Waals surface area (Å²) in [5.41, 5.74) is 1.12. The van der Waals surface area contributed by atoms with Crippen molar-refractivity contribution in [2.45, 2.75) is 4.90 Å². The topological polar surface area (TPSA) is 69.4 Å². The predicted octanol–water partition coefficient (Wildman–Crippen LogP) is 2.60. The summed E-state index contributed by atoms with van der Waals surface area (Å²) in [7, 11) is -3.82. The maximum absolute atomic E-state index is 12.0. The Labute approximate surface area is 109 Å². The van der Waals surface area contributed by atoms with E-state index in [2.05, 4.69) is 4.98 Å². The fourth-order valence-electron chi connectivity index (χ4n) is 1.65. The van der Waals surface area contributed by atoms with Crippen LogP contribution >= 0.6 is 0 Å². The first-order chi connectivity index (χ1) is 9.15. The lowest BCUT2D eigenvalue weighted by Crippen LogP contribution is -2.09. The quantitative estimate of drug-likeness (QED) is 0.687. The highest BCUT2D eigenvalue weighted by atomic mass is 32.2. The van der Waals surface area contributed by atoms with E-state index in [0.29, 0.717) is 11.1 Å². The van der Waals surface area contributed by atoms with Crippen molar-refractivity contribution in [2.75, 3.05) is 0 Å². The Hall–Kier alpha value is -2.34. The number of aromatic nitrogens is 1. The standard InChI is InChI=1S/C13H9NO4S/c15-19(16,11-4-2-1-3-5-11)18-10-6-7-13-12(8-10)14-9-17-13/h1-9H. The molecule has 0 unspecified atom stereocenters. The summed E-state index contributed by atoms with van der Waals surface area (Å²) in [6, 6.07) is 12.6. The zero-order chi connectivity index (χ0) is 13.3. The third kappa shape index (κ3) is 2.30. The summed E-state index contributed by atoms with van der Waals surface area (Å²) in [6.07, 6.45) is 1.29. The molecule has 0 N–H and O–H groups in total. The van der Waals surface area contributed by atoms with Crippen LogP contribution in [0.25, 0.3) is 11.1 Å². The second-order valence-corrected chi connectivity index (χ2v) is 5.38. The van der Waals surface area contributed by atoms with Gasteiger partial charge in [-0.05, 0) is 24.3 Å². The second kappa shape index (κ2) is 4.40. The van der Waals surface area contributed by atoms with Crippen molar-refractivity contribution in [1.29, 1.82) is 0 Å². The van der Waals surface area contributed by atoms with Gasteiger partial charge in [0, 0.05) is 6.07 Å². The number of benzene rings is 2. The highest BCUT2D eigenvalue weighted by molar-refractivity contribution is 7.87. The Morgan fingerprint density at radius 3 is 2.63 bits per heavy atom. The SMILES string of the molecule is O=S(=O)(Oc1ccc2ocnc2c1)c1ccccc1. The van der Waals surface area contributed by atoms with E-state index in [1.165, 1.54) is 30.7 Å². The van der Waals surface area contributed by atoms with E-state index in [1.807, 2.05) is 0 Å². The van der Waals surface area contributed by atoms with Gasteiger partial charge in [0.15, 0.2) is 12.0 Å². The molecule has 0 aliphatic heterocycles. The highest BCUT2D eigenvalue weighted by Crippen LogP contribution is 2.23. The van der Waals surface area contributed by atoms with Crippen LogP contribution in [-0.2, 0) is 10.1 Å². The van der Waals surface area contributed by atoms with E-state index in [0.717, 1.165) is 0 Å². The zero-order valence-electron chi connectivity index (χ0n) is 9.68. The Morgan fingerprint density at radius 2 is 1.84 bits per heavy atom. The van der Waals surface area contributed by atoms with E-state index in [-0.39, 0.29) is 10.6 Å². The number of hydrogen-bond acceptors (Lipinski definition) is 5. The molecule has 0 spiro atoms. The molecule has 5 nitrogen and oxygen atoms in total. The maximum atomic E-state index is 12.0. The van der Waals surface area contributed by atoms with Gasteiger partial charge in [-0.2, -0.15) is 8.42 Å². The van der Waals surface area contributed by atoms with E-state index < -0.39 is 10.1 Å². The van der Waals surface area contributed by atoms with Crippen LogP contribution < -0.4 is 4.18 Å². The third-order valence-electron chi connectivity index (χ3n) is 2.54. The van der Waals surface area contributed by atoms with Gasteiger partial charge >= 0.3 is 10.1 Å². The van der Waals surface area contributed by atoms with Crippen LogP contribution in [0.2, 0.25) is 0 Å². The molecule has 0 aliphatic rings. The minimum Gasteiger partial charge on any atom is -0.443 e. The monoisotopic (exact) mass is 275 g/mol. The van der Waals surface area contributed by atoms with Gasteiger partial charge in [-0.15, -0.1) is 0 Å². The summed E-state index contributed by atoms with van der Waals surface area (Å²) >= 11 is 0. The second-order valence-electron chi connectivity index (χ2n) is 3.83. The summed E-state index contributed by atoms with van der Waals surface area (Å²) in [5.74, 6) is 0.199. The zero-order valence-corrected chi connectivity index (χ0v) is 10.5. The molecule has 0 bridgehead atoms. The highest BCUT2D eigenvalue weighted by Gasteiger charge is 2.16. The van der Waals surface area contributed by atoms with E-state index >= 15 is 0 Å². The third-order valence-corrected chi connectivity index (χ3v) is 3.80. The molecule has 0 saturated heterocycles. The molecule has 0 amide bonds. The molecule has 3 rings (SSSR count). The molecule has 96 valence electrons. The van der Waals surface area contributed by atoms with Crippen LogP contribution in [0.3, 0.4) is 0 Å². The average Bonchev–Trinajstić information content (AvgIpc) is 2.87. The van der Waals surface area contributed by atoms with Gasteiger partial charge in [-0.1, -0.05) is 18.2 Å². The Bertz CT molecular complexity index is 809. The summed E-state index contributed by atoms with van der Waals surface area (Å²) in [6.45, 7) is 0. The van der Waals surface area contributed by atoms with Crippen molar-refractivity contribution >= 4 is 21.2 Å². The molecule has 6 heteroatoms. The Kier molecular flexibility index (Phi) is 2.72. The Balaban J connectivity index is 1.96. The van der Waals surface area contributed by atoms with Crippen molar-refractivity contribution in [3.8, 4) is 5.75 Å². The number of rotatable bonds is 3. The molecular weight excluding hydrogens is 266 g/mol.